The van der Waals surface area contributed by atoms with Gasteiger partial charge < -0.3 is 9.47 Å². The number of ether oxygens (including phenoxy) is 2. The molecule has 0 aliphatic heterocycles. The summed E-state index contributed by atoms with van der Waals surface area (Å²) >= 11 is 0. The van der Waals surface area contributed by atoms with E-state index in [9.17, 15) is 44.3 Å². The molecule has 1 aromatic rings. The monoisotopic (exact) mass is 570 g/mol. The van der Waals surface area contributed by atoms with Crippen LogP contribution in [0.1, 0.15) is 42.4 Å². The van der Waals surface area contributed by atoms with E-state index in [4.69, 9.17) is 9.29 Å². The molecule has 1 aliphatic carbocycles. The Hall–Kier alpha value is -2.16. The van der Waals surface area contributed by atoms with Crippen LogP contribution in [-0.2, 0) is 43.4 Å². The summed E-state index contributed by atoms with van der Waals surface area (Å²) < 4.78 is 122. The minimum atomic E-state index is -6.45. The van der Waals surface area contributed by atoms with E-state index in [1.54, 1.807) is 0 Å². The second-order valence-corrected chi connectivity index (χ2v) is 10.6. The third-order valence-electron chi connectivity index (χ3n) is 6.62. The lowest BCUT2D eigenvalue weighted by molar-refractivity contribution is -0.362. The van der Waals surface area contributed by atoms with Gasteiger partial charge in [-0.05, 0) is 24.0 Å². The highest BCUT2D eigenvalue weighted by atomic mass is 32.2. The minimum Gasteiger partial charge on any atom is -0.438 e. The van der Waals surface area contributed by atoms with Gasteiger partial charge in [0.15, 0.2) is 0 Å². The van der Waals surface area contributed by atoms with Crippen LogP contribution in [0.25, 0.3) is 0 Å². The van der Waals surface area contributed by atoms with Crippen LogP contribution in [0.2, 0.25) is 0 Å². The largest absolute Gasteiger partial charge is 0.438 e. The third-order valence-corrected chi connectivity index (χ3v) is 7.39. The molecule has 1 aliphatic rings. The molecule has 1 N–H and O–H groups in total. The van der Waals surface area contributed by atoms with Crippen molar-refractivity contribution >= 4 is 45.6 Å². The molecule has 0 bridgehead atoms. The van der Waals surface area contributed by atoms with Crippen molar-refractivity contribution < 1.29 is 58.4 Å². The van der Waals surface area contributed by atoms with Gasteiger partial charge in [-0.15, -0.1) is 0 Å². The molecule has 2 rings (SSSR count). The molecule has 1 aromatic carbocycles. The number of hydrogen-bond donors (Lipinski definition) is 1. The zero-order valence-electron chi connectivity index (χ0n) is 21.0. The van der Waals surface area contributed by atoms with E-state index < -0.39 is 57.6 Å². The van der Waals surface area contributed by atoms with E-state index in [1.165, 1.54) is 0 Å². The highest BCUT2D eigenvalue weighted by Gasteiger charge is 2.76. The number of rotatable bonds is 9. The summed E-state index contributed by atoms with van der Waals surface area (Å²) in [5, 5.41) is 0. The fourth-order valence-electron chi connectivity index (χ4n) is 4.53. The quantitative estimate of drug-likeness (QED) is 0.156. The van der Waals surface area contributed by atoms with E-state index in [2.05, 4.69) is 4.74 Å². The van der Waals surface area contributed by atoms with E-state index in [-0.39, 0.29) is 25.0 Å². The lowest BCUT2D eigenvalue weighted by Gasteiger charge is -2.37. The maximum Gasteiger partial charge on any atom is 0.438 e. The standard InChI is InChI=1S/C21H27B3F6O7S/c22-7-11-5-12(8-23)16(13(6-11)9-24)36-17(31)14-3-1-2-4-15(14)18(32)37-19(20(25,26)27,21(28,29)30)10-38(33,34)35/h5-6,14-15H,1-4,7-10,22-24H2,(H,33,34,35). The number of benzene rings is 1. The highest BCUT2D eigenvalue weighted by molar-refractivity contribution is 7.85. The van der Waals surface area contributed by atoms with Crippen LogP contribution in [-0.4, -0.2) is 72.2 Å². The van der Waals surface area contributed by atoms with Crippen molar-refractivity contribution in [2.75, 3.05) is 5.75 Å². The molecule has 2 atom stereocenters. The summed E-state index contributed by atoms with van der Waals surface area (Å²) in [6.07, 6.45) is -11.1. The summed E-state index contributed by atoms with van der Waals surface area (Å²) in [6, 6.07) is 3.65. The van der Waals surface area contributed by atoms with E-state index in [0.29, 0.717) is 36.5 Å². The SMILES string of the molecule is BCc1cc(CB)c(OC(=O)C2CCCCC2C(=O)OC(CS(=O)(=O)O)(C(F)(F)F)C(F)(F)F)c(CB)c1. The summed E-state index contributed by atoms with van der Waals surface area (Å²) in [5.41, 5.74) is -3.21. The van der Waals surface area contributed by atoms with Crippen molar-refractivity contribution in [2.24, 2.45) is 11.8 Å². The van der Waals surface area contributed by atoms with Gasteiger partial charge in [0, 0.05) is 0 Å². The number of hydrogen-bond acceptors (Lipinski definition) is 6. The maximum absolute atomic E-state index is 13.6. The molecule has 38 heavy (non-hydrogen) atoms. The topological polar surface area (TPSA) is 107 Å². The second kappa shape index (κ2) is 11.9. The average Bonchev–Trinajstić information content (AvgIpc) is 2.81. The van der Waals surface area contributed by atoms with Gasteiger partial charge in [0.25, 0.3) is 10.1 Å². The lowest BCUT2D eigenvalue weighted by atomic mass is 9.79. The molecule has 210 valence electrons. The summed E-state index contributed by atoms with van der Waals surface area (Å²) in [5.74, 6) is -9.02. The van der Waals surface area contributed by atoms with Crippen LogP contribution in [0, 0.1) is 11.8 Å². The van der Waals surface area contributed by atoms with Gasteiger partial charge >= 0.3 is 29.9 Å². The zero-order valence-corrected chi connectivity index (χ0v) is 21.9. The Kier molecular flexibility index (Phi) is 10.1. The first-order valence-corrected chi connectivity index (χ1v) is 13.7. The second-order valence-electron chi connectivity index (χ2n) is 9.19. The molecule has 0 spiro atoms. The van der Waals surface area contributed by atoms with Gasteiger partial charge in [-0.1, -0.05) is 49.5 Å². The summed E-state index contributed by atoms with van der Waals surface area (Å²) in [6.45, 7) is 0. The average molecular weight is 570 g/mol. The fourth-order valence-corrected chi connectivity index (χ4v) is 5.43. The molecule has 1 fully saturated rings. The third kappa shape index (κ3) is 7.07. The first-order valence-electron chi connectivity index (χ1n) is 12.1. The van der Waals surface area contributed by atoms with E-state index in [1.807, 2.05) is 35.7 Å². The molecule has 0 saturated heterocycles. The molecule has 0 amide bonds. The number of carbonyl (C=O) groups excluding carboxylic acids is 2. The van der Waals surface area contributed by atoms with Crippen LogP contribution < -0.4 is 4.74 Å². The van der Waals surface area contributed by atoms with Crippen LogP contribution >= 0.6 is 0 Å². The predicted octanol–water partition coefficient (Wildman–Crippen LogP) is 1.09. The number of carbonyl (C=O) groups is 2. The van der Waals surface area contributed by atoms with Crippen molar-refractivity contribution in [1.29, 1.82) is 0 Å². The Labute approximate surface area is 219 Å². The highest BCUT2D eigenvalue weighted by Crippen LogP contribution is 2.48. The molecule has 17 heteroatoms. The van der Waals surface area contributed by atoms with Crippen LogP contribution in [0.15, 0.2) is 12.1 Å². The Morgan fingerprint density at radius 2 is 1.32 bits per heavy atom. The first kappa shape index (κ1) is 32.1. The normalized spacial score (nSPS) is 19.1. The Bertz CT molecular complexity index is 1100. The Morgan fingerprint density at radius 3 is 1.68 bits per heavy atom. The van der Waals surface area contributed by atoms with Gasteiger partial charge in [0.05, 0.1) is 11.8 Å². The summed E-state index contributed by atoms with van der Waals surface area (Å²) in [4.78, 5) is 25.9. The van der Waals surface area contributed by atoms with Crippen molar-refractivity contribution in [3.8, 4) is 5.75 Å². The molecular formula is C21H27B3F6O7S. The number of halogens is 6. The van der Waals surface area contributed by atoms with E-state index >= 15 is 0 Å². The zero-order chi connectivity index (χ0) is 29.1. The van der Waals surface area contributed by atoms with Crippen LogP contribution in [0.4, 0.5) is 26.3 Å². The van der Waals surface area contributed by atoms with Gasteiger partial charge in [-0.3, -0.25) is 14.1 Å². The number of alkyl halides is 6. The molecular weight excluding hydrogens is 543 g/mol. The van der Waals surface area contributed by atoms with Crippen molar-refractivity contribution in [3.63, 3.8) is 0 Å². The van der Waals surface area contributed by atoms with Gasteiger partial charge in [0.2, 0.25) is 0 Å². The van der Waals surface area contributed by atoms with Crippen molar-refractivity contribution in [2.45, 2.75) is 62.6 Å². The molecule has 1 saturated carbocycles. The minimum absolute atomic E-state index is 0.0715. The van der Waals surface area contributed by atoms with Crippen LogP contribution in [0.5, 0.6) is 5.75 Å². The molecule has 0 radical (unpaired) electrons. The predicted molar refractivity (Wildman–Crippen MR) is 132 cm³/mol. The van der Waals surface area contributed by atoms with Gasteiger partial charge in [-0.2, -0.15) is 34.8 Å². The first-order chi connectivity index (χ1) is 17.4. The van der Waals surface area contributed by atoms with Gasteiger partial charge in [0.1, 0.15) is 35.0 Å². The summed E-state index contributed by atoms with van der Waals surface area (Å²) in [7, 11) is -0.363. The molecule has 0 aromatic heterocycles. The Balaban J connectivity index is 2.45. The van der Waals surface area contributed by atoms with Crippen LogP contribution in [0.3, 0.4) is 0 Å². The fraction of sp³-hybridized carbons (Fsp3) is 0.619. The molecule has 2 unspecified atom stereocenters. The maximum atomic E-state index is 13.6. The van der Waals surface area contributed by atoms with Crippen molar-refractivity contribution in [3.05, 3.63) is 28.8 Å². The van der Waals surface area contributed by atoms with Crippen molar-refractivity contribution in [1.82, 2.24) is 0 Å². The molecule has 0 heterocycles. The Morgan fingerprint density at radius 1 is 0.868 bits per heavy atom. The molecule has 7 nitrogen and oxygen atoms in total. The van der Waals surface area contributed by atoms with Gasteiger partial charge in [-0.25, -0.2) is 0 Å². The smallest absolute Gasteiger partial charge is 0.438 e. The number of esters is 2. The lowest BCUT2D eigenvalue weighted by Crippen LogP contribution is -2.64. The van der Waals surface area contributed by atoms with E-state index in [0.717, 1.165) is 5.56 Å².